The predicted octanol–water partition coefficient (Wildman–Crippen LogP) is 2.46. The summed E-state index contributed by atoms with van der Waals surface area (Å²) >= 11 is 0. The second-order valence-corrected chi connectivity index (χ2v) is 8.01. The average Bonchev–Trinajstić information content (AvgIpc) is 3.50. The van der Waals surface area contributed by atoms with Crippen LogP contribution in [-0.4, -0.2) is 38.7 Å². The minimum Gasteiger partial charge on any atom is -0.491 e. The molecule has 29 heavy (non-hydrogen) atoms. The third-order valence-corrected chi connectivity index (χ3v) is 6.25. The maximum Gasteiger partial charge on any atom is 0.245 e. The summed E-state index contributed by atoms with van der Waals surface area (Å²) in [4.78, 5) is 27.7. The molecule has 7 heteroatoms. The van der Waals surface area contributed by atoms with E-state index >= 15 is 0 Å². The predicted molar refractivity (Wildman–Crippen MR) is 105 cm³/mol. The Hall–Kier alpha value is -3.22. The number of carbonyl (C=O) groups excluding carboxylic acids is 2. The van der Waals surface area contributed by atoms with Gasteiger partial charge in [0.2, 0.25) is 11.8 Å². The number of hydrogen-bond acceptors (Lipinski definition) is 5. The van der Waals surface area contributed by atoms with Crippen molar-refractivity contribution < 1.29 is 23.8 Å². The zero-order valence-electron chi connectivity index (χ0n) is 16.0. The molecule has 1 fully saturated rings. The Kier molecular flexibility index (Phi) is 3.26. The normalized spacial score (nSPS) is 23.6. The van der Waals surface area contributed by atoms with Crippen LogP contribution in [0, 0.1) is 5.92 Å². The summed E-state index contributed by atoms with van der Waals surface area (Å²) in [6.07, 6.45) is 1.83. The minimum atomic E-state index is -1.01. The van der Waals surface area contributed by atoms with Crippen molar-refractivity contribution >= 4 is 23.2 Å². The van der Waals surface area contributed by atoms with E-state index in [1.165, 1.54) is 0 Å². The second-order valence-electron chi connectivity index (χ2n) is 8.01. The molecule has 1 atom stereocenters. The van der Waals surface area contributed by atoms with E-state index in [1.54, 1.807) is 18.0 Å². The fourth-order valence-corrected chi connectivity index (χ4v) is 4.63. The molecule has 7 nitrogen and oxygen atoms in total. The Morgan fingerprint density at radius 2 is 1.86 bits per heavy atom. The van der Waals surface area contributed by atoms with Gasteiger partial charge in [0.1, 0.15) is 31.0 Å². The first kappa shape index (κ1) is 16.7. The highest BCUT2D eigenvalue weighted by Gasteiger charge is 2.58. The van der Waals surface area contributed by atoms with Crippen molar-refractivity contribution in [2.75, 3.05) is 37.1 Å². The first-order chi connectivity index (χ1) is 14.1. The zero-order chi connectivity index (χ0) is 19.8. The maximum absolute atomic E-state index is 13.6. The molecule has 1 unspecified atom stereocenters. The Bertz CT molecular complexity index is 1080. The van der Waals surface area contributed by atoms with Crippen molar-refractivity contribution in [3.63, 3.8) is 0 Å². The Morgan fingerprint density at radius 3 is 2.62 bits per heavy atom. The number of hydrogen-bond donors (Lipinski definition) is 1. The van der Waals surface area contributed by atoms with E-state index in [0.29, 0.717) is 36.1 Å². The van der Waals surface area contributed by atoms with E-state index in [4.69, 9.17) is 14.2 Å². The van der Waals surface area contributed by atoms with Gasteiger partial charge in [-0.1, -0.05) is 6.07 Å². The van der Waals surface area contributed by atoms with Gasteiger partial charge < -0.3 is 24.4 Å². The topological polar surface area (TPSA) is 77.1 Å². The highest BCUT2D eigenvalue weighted by Crippen LogP contribution is 2.56. The monoisotopic (exact) mass is 392 g/mol. The first-order valence-corrected chi connectivity index (χ1v) is 9.89. The highest BCUT2D eigenvalue weighted by molar-refractivity contribution is 6.14. The number of anilines is 2. The lowest BCUT2D eigenvalue weighted by atomic mass is 9.76. The second kappa shape index (κ2) is 5.65. The molecule has 6 rings (SSSR count). The smallest absolute Gasteiger partial charge is 0.245 e. The Labute approximate surface area is 167 Å². The van der Waals surface area contributed by atoms with Crippen molar-refractivity contribution in [1.82, 2.24) is 0 Å². The van der Waals surface area contributed by atoms with Crippen molar-refractivity contribution in [2.45, 2.75) is 18.3 Å². The molecular weight excluding hydrogens is 372 g/mol. The summed E-state index contributed by atoms with van der Waals surface area (Å²) < 4.78 is 17.4. The highest BCUT2D eigenvalue weighted by atomic mass is 16.6. The number of ether oxygens (including phenoxy) is 3. The Morgan fingerprint density at radius 1 is 1.10 bits per heavy atom. The van der Waals surface area contributed by atoms with E-state index in [9.17, 15) is 9.59 Å². The van der Waals surface area contributed by atoms with Crippen LogP contribution in [0.5, 0.6) is 17.2 Å². The summed E-state index contributed by atoms with van der Waals surface area (Å²) in [7, 11) is 1.76. The molecule has 1 saturated carbocycles. The van der Waals surface area contributed by atoms with E-state index < -0.39 is 5.41 Å². The summed E-state index contributed by atoms with van der Waals surface area (Å²) in [6, 6.07) is 9.30. The number of nitrogens with zero attached hydrogens (tertiary/aromatic N) is 1. The number of amides is 2. The number of rotatable bonds is 2. The van der Waals surface area contributed by atoms with Crippen LogP contribution in [0.25, 0.3) is 0 Å². The number of benzene rings is 2. The van der Waals surface area contributed by atoms with Gasteiger partial charge in [0.25, 0.3) is 0 Å². The maximum atomic E-state index is 13.6. The van der Waals surface area contributed by atoms with E-state index in [-0.39, 0.29) is 24.3 Å². The molecule has 0 bridgehead atoms. The van der Waals surface area contributed by atoms with Gasteiger partial charge in [-0.05, 0) is 31.0 Å². The van der Waals surface area contributed by atoms with Crippen molar-refractivity contribution in [3.8, 4) is 17.2 Å². The molecule has 2 aromatic carbocycles. The summed E-state index contributed by atoms with van der Waals surface area (Å²) in [6.45, 7) is 1.13. The number of fused-ring (bicyclic) bond motifs is 5. The van der Waals surface area contributed by atoms with Crippen molar-refractivity contribution in [1.29, 1.82) is 0 Å². The minimum absolute atomic E-state index is 0.0110. The number of carbonyl (C=O) groups is 2. The summed E-state index contributed by atoms with van der Waals surface area (Å²) in [5.41, 5.74) is 1.99. The average molecular weight is 392 g/mol. The van der Waals surface area contributed by atoms with Crippen LogP contribution in [0.4, 0.5) is 11.4 Å². The fraction of sp³-hybridized carbons (Fsp3) is 0.364. The van der Waals surface area contributed by atoms with Crippen LogP contribution in [0.2, 0.25) is 0 Å². The molecule has 4 aliphatic rings. The van der Waals surface area contributed by atoms with Gasteiger partial charge in [-0.15, -0.1) is 0 Å². The van der Waals surface area contributed by atoms with E-state index in [1.807, 2.05) is 24.3 Å². The first-order valence-electron chi connectivity index (χ1n) is 9.89. The lowest BCUT2D eigenvalue weighted by Crippen LogP contribution is -2.41. The Balaban J connectivity index is 1.54. The molecule has 2 amide bonds. The van der Waals surface area contributed by atoms with Crippen molar-refractivity contribution in [2.24, 2.45) is 5.92 Å². The van der Waals surface area contributed by atoms with Gasteiger partial charge in [0, 0.05) is 35.8 Å². The van der Waals surface area contributed by atoms with Gasteiger partial charge in [-0.3, -0.25) is 9.59 Å². The molecule has 1 N–H and O–H groups in total. The van der Waals surface area contributed by atoms with E-state index in [0.717, 1.165) is 29.7 Å². The standard InChI is InChI=1S/C22H20N2O5/c1-24-15-4-2-3-14(23-20(25)12-5-6-12)19(15)22(21(24)26)11-29-16-10-18-17(9-13(16)22)27-7-8-28-18/h2-4,9-10,12H,5-8,11H2,1H3,(H,23,25). The summed E-state index contributed by atoms with van der Waals surface area (Å²) in [5.74, 6) is 1.87. The van der Waals surface area contributed by atoms with Crippen LogP contribution >= 0.6 is 0 Å². The largest absolute Gasteiger partial charge is 0.491 e. The lowest BCUT2D eigenvalue weighted by Gasteiger charge is -2.25. The van der Waals surface area contributed by atoms with Crippen molar-refractivity contribution in [3.05, 3.63) is 41.5 Å². The van der Waals surface area contributed by atoms with Crippen LogP contribution in [-0.2, 0) is 15.0 Å². The number of likely N-dealkylation sites (N-methyl/N-ethyl adjacent to an activating group) is 1. The molecule has 1 aliphatic carbocycles. The SMILES string of the molecule is CN1C(=O)C2(COc3cc4c(cc32)OCCO4)c2c(NC(=O)C3CC3)cccc21. The quantitative estimate of drug-likeness (QED) is 0.850. The number of nitrogens with one attached hydrogen (secondary N) is 1. The third kappa shape index (κ3) is 2.18. The molecule has 2 aromatic rings. The van der Waals surface area contributed by atoms with Crippen LogP contribution < -0.4 is 24.4 Å². The molecule has 0 saturated heterocycles. The van der Waals surface area contributed by atoms with Crippen LogP contribution in [0.1, 0.15) is 24.0 Å². The van der Waals surface area contributed by atoms with E-state index in [2.05, 4.69) is 5.32 Å². The van der Waals surface area contributed by atoms with Crippen LogP contribution in [0.3, 0.4) is 0 Å². The fourth-order valence-electron chi connectivity index (χ4n) is 4.63. The molecular formula is C22H20N2O5. The molecule has 148 valence electrons. The molecule has 1 spiro atoms. The molecule has 3 aliphatic heterocycles. The molecule has 0 radical (unpaired) electrons. The van der Waals surface area contributed by atoms with Gasteiger partial charge in [-0.2, -0.15) is 0 Å². The van der Waals surface area contributed by atoms with Gasteiger partial charge in [0.15, 0.2) is 11.5 Å². The molecule has 3 heterocycles. The zero-order valence-corrected chi connectivity index (χ0v) is 16.0. The third-order valence-electron chi connectivity index (χ3n) is 6.25. The van der Waals surface area contributed by atoms with Gasteiger partial charge in [-0.25, -0.2) is 0 Å². The summed E-state index contributed by atoms with van der Waals surface area (Å²) in [5, 5.41) is 3.06. The van der Waals surface area contributed by atoms with Crippen LogP contribution in [0.15, 0.2) is 30.3 Å². The lowest BCUT2D eigenvalue weighted by molar-refractivity contribution is -0.122. The van der Waals surface area contributed by atoms with Gasteiger partial charge >= 0.3 is 0 Å². The van der Waals surface area contributed by atoms with Gasteiger partial charge in [0.05, 0.1) is 5.69 Å². The molecule has 0 aromatic heterocycles.